The van der Waals surface area contributed by atoms with Crippen molar-refractivity contribution in [1.29, 1.82) is 0 Å². The van der Waals surface area contributed by atoms with Gasteiger partial charge in [-0.1, -0.05) is 6.07 Å². The summed E-state index contributed by atoms with van der Waals surface area (Å²) in [7, 11) is 1.94. The second-order valence-corrected chi connectivity index (χ2v) is 4.60. The van der Waals surface area contributed by atoms with Crippen LogP contribution in [0, 0.1) is 20.8 Å². The van der Waals surface area contributed by atoms with Crippen LogP contribution in [0.1, 0.15) is 34.1 Å². The third-order valence-corrected chi connectivity index (χ3v) is 3.25. The topological polar surface area (TPSA) is 68.8 Å². The smallest absolute Gasteiger partial charge is 0.0761 e. The molecule has 3 N–H and O–H groups in total. The fraction of sp³-hybridized carbons (Fsp3) is 0.385. The highest BCUT2D eigenvalue weighted by Gasteiger charge is 2.21. The van der Waals surface area contributed by atoms with Gasteiger partial charge in [0.15, 0.2) is 0 Å². The first kappa shape index (κ1) is 12.7. The molecular weight excluding hydrogens is 226 g/mol. The average Bonchev–Trinajstić information content (AvgIpc) is 2.57. The zero-order chi connectivity index (χ0) is 13.3. The Bertz CT molecular complexity index is 559. The van der Waals surface area contributed by atoms with E-state index in [9.17, 15) is 0 Å². The van der Waals surface area contributed by atoms with Gasteiger partial charge in [-0.25, -0.2) is 5.43 Å². The zero-order valence-electron chi connectivity index (χ0n) is 11.2. The van der Waals surface area contributed by atoms with Crippen LogP contribution in [0.5, 0.6) is 0 Å². The molecule has 2 rings (SSSR count). The van der Waals surface area contributed by atoms with Crippen LogP contribution in [0.15, 0.2) is 18.5 Å². The summed E-state index contributed by atoms with van der Waals surface area (Å²) in [5.41, 5.74) is 8.25. The van der Waals surface area contributed by atoms with Crippen LogP contribution in [0.4, 0.5) is 0 Å². The molecule has 18 heavy (non-hydrogen) atoms. The van der Waals surface area contributed by atoms with Crippen LogP contribution in [-0.4, -0.2) is 14.8 Å². The molecule has 0 spiro atoms. The predicted molar refractivity (Wildman–Crippen MR) is 70.8 cm³/mol. The van der Waals surface area contributed by atoms with Crippen molar-refractivity contribution in [2.24, 2.45) is 12.9 Å². The monoisotopic (exact) mass is 245 g/mol. The van der Waals surface area contributed by atoms with Crippen molar-refractivity contribution in [1.82, 2.24) is 20.2 Å². The second kappa shape index (κ2) is 4.88. The highest BCUT2D eigenvalue weighted by atomic mass is 15.3. The first-order chi connectivity index (χ1) is 8.54. The molecular formula is C13H19N5. The lowest BCUT2D eigenvalue weighted by atomic mass is 9.98. The van der Waals surface area contributed by atoms with Gasteiger partial charge in [0, 0.05) is 30.7 Å². The van der Waals surface area contributed by atoms with Crippen LogP contribution in [0.2, 0.25) is 0 Å². The fourth-order valence-corrected chi connectivity index (χ4v) is 2.29. The van der Waals surface area contributed by atoms with Gasteiger partial charge in [-0.2, -0.15) is 5.10 Å². The quantitative estimate of drug-likeness (QED) is 0.631. The Morgan fingerprint density at radius 1 is 1.28 bits per heavy atom. The summed E-state index contributed by atoms with van der Waals surface area (Å²) in [6.45, 7) is 6.06. The van der Waals surface area contributed by atoms with Crippen molar-refractivity contribution in [2.45, 2.75) is 26.8 Å². The van der Waals surface area contributed by atoms with E-state index in [0.717, 1.165) is 28.1 Å². The minimum Gasteiger partial charge on any atom is -0.272 e. The molecule has 0 fully saturated rings. The van der Waals surface area contributed by atoms with Crippen LogP contribution < -0.4 is 11.3 Å². The van der Waals surface area contributed by atoms with Crippen molar-refractivity contribution in [2.75, 3.05) is 0 Å². The first-order valence-corrected chi connectivity index (χ1v) is 5.92. The van der Waals surface area contributed by atoms with Crippen LogP contribution in [0.25, 0.3) is 0 Å². The van der Waals surface area contributed by atoms with Crippen molar-refractivity contribution in [3.63, 3.8) is 0 Å². The Morgan fingerprint density at radius 2 is 2.00 bits per heavy atom. The summed E-state index contributed by atoms with van der Waals surface area (Å²) in [5.74, 6) is 5.72. The molecule has 0 aromatic carbocycles. The Labute approximate surface area is 107 Å². The largest absolute Gasteiger partial charge is 0.272 e. The van der Waals surface area contributed by atoms with E-state index in [4.69, 9.17) is 5.84 Å². The number of hydrogen-bond acceptors (Lipinski definition) is 4. The molecule has 5 nitrogen and oxygen atoms in total. The highest BCUT2D eigenvalue weighted by molar-refractivity contribution is 5.36. The van der Waals surface area contributed by atoms with Gasteiger partial charge in [0.1, 0.15) is 0 Å². The molecule has 1 atom stereocenters. The molecule has 96 valence electrons. The maximum atomic E-state index is 5.72. The average molecular weight is 245 g/mol. The molecule has 0 aliphatic carbocycles. The zero-order valence-corrected chi connectivity index (χ0v) is 11.2. The number of nitrogens with zero attached hydrogens (tertiary/aromatic N) is 3. The number of pyridine rings is 1. The van der Waals surface area contributed by atoms with Crippen LogP contribution >= 0.6 is 0 Å². The molecule has 0 saturated heterocycles. The molecule has 0 saturated carbocycles. The standard InChI is InChI=1S/C13H19N5/c1-8-5-11(7-15-6-8)13(16-14)12-9(2)17-18(4)10(12)3/h5-7,13,16H,14H2,1-4H3. The van der Waals surface area contributed by atoms with Crippen molar-refractivity contribution < 1.29 is 0 Å². The van der Waals surface area contributed by atoms with Gasteiger partial charge in [0.25, 0.3) is 0 Å². The highest BCUT2D eigenvalue weighted by Crippen LogP contribution is 2.26. The number of nitrogens with two attached hydrogens (primary N) is 1. The molecule has 0 aliphatic heterocycles. The number of hydrogen-bond donors (Lipinski definition) is 2. The summed E-state index contributed by atoms with van der Waals surface area (Å²) >= 11 is 0. The normalized spacial score (nSPS) is 12.7. The van der Waals surface area contributed by atoms with Gasteiger partial charge < -0.3 is 0 Å². The van der Waals surface area contributed by atoms with E-state index in [1.807, 2.05) is 44.9 Å². The SMILES string of the molecule is Cc1cncc(C(NN)c2c(C)nn(C)c2C)c1. The molecule has 2 aromatic rings. The van der Waals surface area contributed by atoms with Crippen LogP contribution in [-0.2, 0) is 7.05 Å². The first-order valence-electron chi connectivity index (χ1n) is 5.92. The lowest BCUT2D eigenvalue weighted by Gasteiger charge is -2.17. The second-order valence-electron chi connectivity index (χ2n) is 4.60. The van der Waals surface area contributed by atoms with E-state index in [-0.39, 0.29) is 6.04 Å². The van der Waals surface area contributed by atoms with Crippen molar-refractivity contribution in [3.05, 3.63) is 46.5 Å². The van der Waals surface area contributed by atoms with E-state index in [2.05, 4.69) is 21.6 Å². The third kappa shape index (κ3) is 2.14. The third-order valence-electron chi connectivity index (χ3n) is 3.25. The summed E-state index contributed by atoms with van der Waals surface area (Å²) in [6.07, 6.45) is 3.67. The molecule has 2 aromatic heterocycles. The van der Waals surface area contributed by atoms with Gasteiger partial charge >= 0.3 is 0 Å². The van der Waals surface area contributed by atoms with Crippen LogP contribution in [0.3, 0.4) is 0 Å². The summed E-state index contributed by atoms with van der Waals surface area (Å²) in [4.78, 5) is 4.22. The van der Waals surface area contributed by atoms with Gasteiger partial charge in [0.05, 0.1) is 11.7 Å². The predicted octanol–water partition coefficient (Wildman–Crippen LogP) is 1.29. The van der Waals surface area contributed by atoms with Gasteiger partial charge in [-0.3, -0.25) is 15.5 Å². The molecule has 0 bridgehead atoms. The van der Waals surface area contributed by atoms with E-state index < -0.39 is 0 Å². The minimum absolute atomic E-state index is 0.0777. The molecule has 1 unspecified atom stereocenters. The Kier molecular flexibility index (Phi) is 3.45. The Hall–Kier alpha value is -1.72. The number of nitrogens with one attached hydrogen (secondary N) is 1. The van der Waals surface area contributed by atoms with Crippen molar-refractivity contribution >= 4 is 0 Å². The van der Waals surface area contributed by atoms with E-state index in [1.54, 1.807) is 0 Å². The molecule has 0 amide bonds. The number of rotatable bonds is 3. The summed E-state index contributed by atoms with van der Waals surface area (Å²) in [5, 5.41) is 4.43. The maximum Gasteiger partial charge on any atom is 0.0761 e. The number of aromatic nitrogens is 3. The molecule has 0 radical (unpaired) electrons. The fourth-order valence-electron chi connectivity index (χ4n) is 2.29. The van der Waals surface area contributed by atoms with E-state index >= 15 is 0 Å². The van der Waals surface area contributed by atoms with Gasteiger partial charge in [-0.15, -0.1) is 0 Å². The van der Waals surface area contributed by atoms with Gasteiger partial charge in [-0.05, 0) is 31.9 Å². The lowest BCUT2D eigenvalue weighted by Crippen LogP contribution is -2.29. The maximum absolute atomic E-state index is 5.72. The lowest BCUT2D eigenvalue weighted by molar-refractivity contribution is 0.626. The van der Waals surface area contributed by atoms with E-state index in [0.29, 0.717) is 0 Å². The summed E-state index contributed by atoms with van der Waals surface area (Å²) < 4.78 is 1.87. The van der Waals surface area contributed by atoms with Gasteiger partial charge in [0.2, 0.25) is 0 Å². The number of hydrazine groups is 1. The minimum atomic E-state index is -0.0777. The van der Waals surface area contributed by atoms with Crippen molar-refractivity contribution in [3.8, 4) is 0 Å². The Balaban J connectivity index is 2.52. The molecule has 5 heteroatoms. The summed E-state index contributed by atoms with van der Waals surface area (Å²) in [6, 6.07) is 2.01. The van der Waals surface area contributed by atoms with E-state index in [1.165, 1.54) is 0 Å². The number of aryl methyl sites for hydroxylation is 3. The molecule has 0 aliphatic rings. The Morgan fingerprint density at radius 3 is 2.50 bits per heavy atom. The molecule has 2 heterocycles.